The average Bonchev–Trinajstić information content (AvgIpc) is 3.50. The van der Waals surface area contributed by atoms with Crippen molar-refractivity contribution in [2.45, 2.75) is 19.5 Å². The zero-order chi connectivity index (χ0) is 29.1. The van der Waals surface area contributed by atoms with Crippen molar-refractivity contribution in [3.05, 3.63) is 88.9 Å². The Morgan fingerprint density at radius 1 is 1.28 bits per heavy atom. The molecule has 1 aliphatic rings. The maximum Gasteiger partial charge on any atom is 0.218 e. The molecular weight excluding hydrogens is 530 g/mol. The lowest BCUT2D eigenvalue weighted by Gasteiger charge is -2.42. The van der Waals surface area contributed by atoms with Gasteiger partial charge < -0.3 is 29.5 Å². The third-order valence-electron chi connectivity index (χ3n) is 6.17. The molecule has 0 bridgehead atoms. The van der Waals surface area contributed by atoms with Crippen LogP contribution in [0.5, 0.6) is 5.88 Å². The number of halogens is 3. The number of aromatic amines is 1. The van der Waals surface area contributed by atoms with Crippen LogP contribution in [0.15, 0.2) is 55.3 Å². The number of nitrogens with one attached hydrogen (secondary N) is 2. The van der Waals surface area contributed by atoms with Gasteiger partial charge in [-0.3, -0.25) is 4.90 Å². The van der Waals surface area contributed by atoms with Crippen LogP contribution in [-0.4, -0.2) is 65.6 Å². The highest BCUT2D eigenvalue weighted by atomic mass is 35.5. The normalized spacial score (nSPS) is 16.3. The monoisotopic (exact) mass is 560 g/mol. The predicted molar refractivity (Wildman–Crippen MR) is 147 cm³/mol. The highest BCUT2D eigenvalue weighted by molar-refractivity contribution is 6.30. The summed E-state index contributed by atoms with van der Waals surface area (Å²) in [6, 6.07) is 3.82. The molecule has 1 atom stereocenters. The van der Waals surface area contributed by atoms with E-state index in [0.29, 0.717) is 29.6 Å². The number of carbonyl (C=O) groups is 2. The Hall–Kier alpha value is -4.09. The van der Waals surface area contributed by atoms with E-state index in [2.05, 4.69) is 26.8 Å². The number of methoxy groups -OCH3 is 1. The molecule has 3 aromatic rings. The molecule has 1 fully saturated rings. The minimum absolute atomic E-state index is 0.00441. The largest absolute Gasteiger partial charge is 0.481 e. The number of likely N-dealkylation sites (N-methyl/N-ethyl adjacent to an activating group) is 1. The van der Waals surface area contributed by atoms with E-state index in [1.807, 2.05) is 37.3 Å². The molecule has 0 amide bonds. The molecule has 2 aromatic heterocycles. The first-order chi connectivity index (χ1) is 18.8. The van der Waals surface area contributed by atoms with Crippen LogP contribution < -0.4 is 10.1 Å². The molecule has 2 N–H and O–H groups in total. The molecular formula is C27H31ClF2N6O3. The quantitative estimate of drug-likeness (QED) is 0.423. The zero-order valence-corrected chi connectivity index (χ0v) is 22.8. The molecule has 39 heavy (non-hydrogen) atoms. The van der Waals surface area contributed by atoms with Crippen LogP contribution in [0.25, 0.3) is 5.57 Å². The number of benzene rings is 1. The first-order valence-electron chi connectivity index (χ1n) is 11.6. The molecule has 12 heteroatoms. The maximum atomic E-state index is 15.7. The van der Waals surface area contributed by atoms with Crippen molar-refractivity contribution in [2.75, 3.05) is 32.6 Å². The van der Waals surface area contributed by atoms with Gasteiger partial charge in [0.2, 0.25) is 5.88 Å². The number of rotatable bonds is 7. The van der Waals surface area contributed by atoms with Gasteiger partial charge in [0.25, 0.3) is 0 Å². The molecule has 9 nitrogen and oxygen atoms in total. The lowest BCUT2D eigenvalue weighted by Crippen LogP contribution is -2.44. The van der Waals surface area contributed by atoms with Crippen LogP contribution in [0.2, 0.25) is 5.02 Å². The number of carbonyl (C=O) groups excluding carboxylic acids is 2. The number of piperazine rings is 1. The van der Waals surface area contributed by atoms with Crippen molar-refractivity contribution >= 4 is 36.4 Å². The number of H-pyrrole nitrogens is 1. The SMILES string of the molecule is C=CN1C[C@@H](c2c(F)ccc(NCc3cc(Cl)cnc3OC)c2F)N(C)C/C1=C(/C)c1ncc[nH]1.C=O.C=O. The molecule has 3 heterocycles. The molecule has 0 aliphatic carbocycles. The van der Waals surface area contributed by atoms with Gasteiger partial charge in [-0.15, -0.1) is 0 Å². The van der Waals surface area contributed by atoms with Gasteiger partial charge in [0.15, 0.2) is 5.82 Å². The standard InChI is InChI=1S/C25H27ClF2N6O.2CH2O/c1-5-34-14-21(33(3)13-20(34)15(2)24-29-8-9-30-24)22-18(27)6-7-19(23(22)28)31-11-16-10-17(26)12-32-25(16)35-4;2*1-2/h5-10,12,21,31H,1,11,13-14H2,2-4H3,(H,29,30);2*1H2/b20-15+;;/t21-;;/m0../s1. The van der Waals surface area contributed by atoms with Crippen molar-refractivity contribution in [2.24, 2.45) is 0 Å². The van der Waals surface area contributed by atoms with Crippen molar-refractivity contribution in [1.82, 2.24) is 24.8 Å². The summed E-state index contributed by atoms with van der Waals surface area (Å²) in [7, 11) is 3.35. The Kier molecular flexibility index (Phi) is 11.8. The fourth-order valence-electron chi connectivity index (χ4n) is 4.29. The van der Waals surface area contributed by atoms with Gasteiger partial charge in [0.05, 0.1) is 23.9 Å². The second-order valence-electron chi connectivity index (χ2n) is 8.27. The van der Waals surface area contributed by atoms with Gasteiger partial charge in [-0.05, 0) is 38.4 Å². The maximum absolute atomic E-state index is 15.7. The van der Waals surface area contributed by atoms with Crippen LogP contribution in [0, 0.1) is 11.6 Å². The Labute approximate surface area is 231 Å². The number of nitrogens with zero attached hydrogens (tertiary/aromatic N) is 4. The lowest BCUT2D eigenvalue weighted by molar-refractivity contribution is -0.0987. The summed E-state index contributed by atoms with van der Waals surface area (Å²) >= 11 is 6.05. The molecule has 0 unspecified atom stereocenters. The van der Waals surface area contributed by atoms with E-state index >= 15 is 8.78 Å². The number of aromatic nitrogens is 3. The Morgan fingerprint density at radius 2 is 2.00 bits per heavy atom. The molecule has 208 valence electrons. The molecule has 1 saturated heterocycles. The van der Waals surface area contributed by atoms with Gasteiger partial charge in [0.1, 0.15) is 25.2 Å². The summed E-state index contributed by atoms with van der Waals surface area (Å²) in [5.74, 6) is -0.126. The number of anilines is 1. The number of pyridine rings is 1. The minimum atomic E-state index is -0.644. The zero-order valence-electron chi connectivity index (χ0n) is 22.0. The second kappa shape index (κ2) is 14.7. The van der Waals surface area contributed by atoms with Crippen molar-refractivity contribution in [1.29, 1.82) is 0 Å². The lowest BCUT2D eigenvalue weighted by atomic mass is 9.98. The average molecular weight is 561 g/mol. The summed E-state index contributed by atoms with van der Waals surface area (Å²) in [4.78, 5) is 31.4. The van der Waals surface area contributed by atoms with E-state index in [9.17, 15) is 0 Å². The van der Waals surface area contributed by atoms with Crippen molar-refractivity contribution in [3.8, 4) is 5.88 Å². The van der Waals surface area contributed by atoms with E-state index in [-0.39, 0.29) is 17.8 Å². The molecule has 1 aromatic carbocycles. The number of imidazole rings is 1. The fraction of sp³-hybridized carbons (Fsp3) is 0.259. The molecule has 1 aliphatic heterocycles. The number of ether oxygens (including phenoxy) is 1. The van der Waals surface area contributed by atoms with Crippen LogP contribution in [0.3, 0.4) is 0 Å². The van der Waals surface area contributed by atoms with Crippen LogP contribution >= 0.6 is 11.6 Å². The summed E-state index contributed by atoms with van der Waals surface area (Å²) < 4.78 is 36.0. The summed E-state index contributed by atoms with van der Waals surface area (Å²) in [6.45, 7) is 10.9. The van der Waals surface area contributed by atoms with Gasteiger partial charge in [-0.25, -0.2) is 18.7 Å². The van der Waals surface area contributed by atoms with Crippen molar-refractivity contribution in [3.63, 3.8) is 0 Å². The topological polar surface area (TPSA) is 103 Å². The Balaban J connectivity index is 0.00000127. The third kappa shape index (κ3) is 7.06. The first-order valence-corrected chi connectivity index (χ1v) is 12.0. The third-order valence-corrected chi connectivity index (χ3v) is 6.38. The molecule has 4 rings (SSSR count). The van der Waals surface area contributed by atoms with Crippen LogP contribution in [0.4, 0.5) is 14.5 Å². The number of hydrogen-bond acceptors (Lipinski definition) is 8. The number of hydrogen-bond donors (Lipinski definition) is 2. The number of allylic oxidation sites excluding steroid dienone is 1. The Bertz CT molecular complexity index is 1290. The molecule has 0 spiro atoms. The van der Waals surface area contributed by atoms with E-state index in [1.165, 1.54) is 25.4 Å². The van der Waals surface area contributed by atoms with E-state index in [1.54, 1.807) is 24.7 Å². The fourth-order valence-corrected chi connectivity index (χ4v) is 4.47. The van der Waals surface area contributed by atoms with Crippen molar-refractivity contribution < 1.29 is 23.1 Å². The summed E-state index contributed by atoms with van der Waals surface area (Å²) in [6.07, 6.45) is 6.59. The van der Waals surface area contributed by atoms with Gasteiger partial charge >= 0.3 is 0 Å². The first kappa shape index (κ1) is 31.1. The Morgan fingerprint density at radius 3 is 2.62 bits per heavy atom. The summed E-state index contributed by atoms with van der Waals surface area (Å²) in [5, 5.41) is 3.46. The smallest absolute Gasteiger partial charge is 0.218 e. The highest BCUT2D eigenvalue weighted by Gasteiger charge is 2.33. The molecule has 0 radical (unpaired) electrons. The van der Waals surface area contributed by atoms with E-state index in [0.717, 1.165) is 17.1 Å². The minimum Gasteiger partial charge on any atom is -0.481 e. The molecule has 0 saturated carbocycles. The predicted octanol–water partition coefficient (Wildman–Crippen LogP) is 4.85. The van der Waals surface area contributed by atoms with E-state index in [4.69, 9.17) is 25.9 Å². The van der Waals surface area contributed by atoms with Crippen LogP contribution in [0.1, 0.15) is 29.9 Å². The van der Waals surface area contributed by atoms with Gasteiger partial charge in [0, 0.05) is 60.6 Å². The van der Waals surface area contributed by atoms with Gasteiger partial charge in [-0.1, -0.05) is 18.2 Å². The van der Waals surface area contributed by atoms with Gasteiger partial charge in [-0.2, -0.15) is 0 Å². The van der Waals surface area contributed by atoms with E-state index < -0.39 is 17.7 Å². The second-order valence-corrected chi connectivity index (χ2v) is 8.71. The summed E-state index contributed by atoms with van der Waals surface area (Å²) in [5.41, 5.74) is 2.73. The van der Waals surface area contributed by atoms with Crippen LogP contribution in [-0.2, 0) is 16.1 Å². The highest BCUT2D eigenvalue weighted by Crippen LogP contribution is 2.36.